The number of benzene rings is 1. The smallest absolute Gasteiger partial charge is 0.243 e. The van der Waals surface area contributed by atoms with E-state index in [0.29, 0.717) is 12.5 Å². The monoisotopic (exact) mass is 370 g/mol. The molecule has 25 heavy (non-hydrogen) atoms. The minimum atomic E-state index is -0.391. The van der Waals surface area contributed by atoms with Crippen molar-refractivity contribution in [2.45, 2.75) is 13.0 Å². The predicted octanol–water partition coefficient (Wildman–Crippen LogP) is 1.58. The Kier molecular flexibility index (Phi) is 9.76. The molecular weight excluding hydrogens is 343 g/mol. The van der Waals surface area contributed by atoms with Gasteiger partial charge in [-0.15, -0.1) is 0 Å². The number of guanidine groups is 1. The number of carbonyl (C=O) groups excluding carboxylic acids is 1. The highest BCUT2D eigenvalue weighted by Gasteiger charge is 2.10. The van der Waals surface area contributed by atoms with E-state index in [2.05, 4.69) is 15.6 Å². The first-order valence-corrected chi connectivity index (χ1v) is 9.46. The number of nitrogens with one attached hydrogen (secondary N) is 2. The minimum absolute atomic E-state index is 0.0597. The van der Waals surface area contributed by atoms with E-state index in [1.807, 2.05) is 13.2 Å². The molecule has 2 N–H and O–H groups in total. The first kappa shape index (κ1) is 21.1. The summed E-state index contributed by atoms with van der Waals surface area (Å²) < 4.78 is 19.2. The van der Waals surface area contributed by atoms with Gasteiger partial charge in [0.15, 0.2) is 17.5 Å². The number of aliphatic imine (C=N–C) groups is 1. The fraction of sp³-hybridized carbons (Fsp3) is 0.529. The maximum atomic E-state index is 13.6. The Bertz CT molecular complexity index is 569. The van der Waals surface area contributed by atoms with Gasteiger partial charge in [-0.25, -0.2) is 9.38 Å². The van der Waals surface area contributed by atoms with Crippen molar-refractivity contribution in [3.8, 4) is 5.75 Å². The Labute approximate surface area is 153 Å². The molecule has 1 unspecified atom stereocenters. The quantitative estimate of drug-likeness (QED) is 0.393. The molecule has 8 heteroatoms. The summed E-state index contributed by atoms with van der Waals surface area (Å²) in [5.74, 6) is 1.20. The van der Waals surface area contributed by atoms with Gasteiger partial charge in [-0.3, -0.25) is 4.79 Å². The summed E-state index contributed by atoms with van der Waals surface area (Å²) in [5, 5.41) is 6.29. The lowest BCUT2D eigenvalue weighted by Gasteiger charge is -2.18. The molecule has 6 nitrogen and oxygen atoms in total. The molecular formula is C17H27FN4O2S. The molecule has 1 atom stereocenters. The lowest BCUT2D eigenvalue weighted by Crippen LogP contribution is -2.43. The Hall–Kier alpha value is -1.96. The van der Waals surface area contributed by atoms with Crippen LogP contribution in [0.3, 0.4) is 0 Å². The second kappa shape index (κ2) is 11.6. The van der Waals surface area contributed by atoms with Gasteiger partial charge in [0.05, 0.1) is 6.54 Å². The molecule has 0 fully saturated rings. The minimum Gasteiger partial charge on any atom is -0.486 e. The van der Waals surface area contributed by atoms with Crippen LogP contribution in [0.25, 0.3) is 0 Å². The average Bonchev–Trinajstić information content (AvgIpc) is 2.58. The lowest BCUT2D eigenvalue weighted by molar-refractivity contribution is -0.127. The Balaban J connectivity index is 2.56. The van der Waals surface area contributed by atoms with Crippen molar-refractivity contribution >= 4 is 23.6 Å². The maximum Gasteiger partial charge on any atom is 0.243 e. The molecule has 0 bridgehead atoms. The van der Waals surface area contributed by atoms with Crippen LogP contribution >= 0.6 is 11.8 Å². The van der Waals surface area contributed by atoms with Gasteiger partial charge in [-0.1, -0.05) is 12.1 Å². The number of hydrogen-bond donors (Lipinski definition) is 2. The van der Waals surface area contributed by atoms with Gasteiger partial charge < -0.3 is 20.3 Å². The van der Waals surface area contributed by atoms with Crippen molar-refractivity contribution in [3.63, 3.8) is 0 Å². The third-order valence-electron chi connectivity index (χ3n) is 3.19. The fourth-order valence-electron chi connectivity index (χ4n) is 1.77. The van der Waals surface area contributed by atoms with Crippen molar-refractivity contribution in [2.24, 2.45) is 4.99 Å². The standard InChI is InChI=1S/C17H27FN4O2S/c1-13(24-15-8-6-5-7-14(15)18)11-20-17(19-9-10-25-4)21-12-16(23)22(2)3/h5-8,13H,9-12H2,1-4H3,(H2,19,20,21). The van der Waals surface area contributed by atoms with Gasteiger partial charge in [0.25, 0.3) is 0 Å². The molecule has 1 rings (SSSR count). The molecule has 0 aliphatic carbocycles. The van der Waals surface area contributed by atoms with Gasteiger partial charge in [-0.2, -0.15) is 11.8 Å². The number of amides is 1. The summed E-state index contributed by atoms with van der Waals surface area (Å²) in [7, 11) is 3.38. The third kappa shape index (κ3) is 8.62. The van der Waals surface area contributed by atoms with Gasteiger partial charge in [0.2, 0.25) is 5.91 Å². The SMILES string of the molecule is CSCCNC(=NCC(=O)N(C)C)NCC(C)Oc1ccccc1F. The summed E-state index contributed by atoms with van der Waals surface area (Å²) >= 11 is 1.71. The Morgan fingerprint density at radius 2 is 2.08 bits per heavy atom. The zero-order valence-corrected chi connectivity index (χ0v) is 16.0. The highest BCUT2D eigenvalue weighted by atomic mass is 32.2. The van der Waals surface area contributed by atoms with Crippen molar-refractivity contribution in [2.75, 3.05) is 45.7 Å². The van der Waals surface area contributed by atoms with Crippen molar-refractivity contribution < 1.29 is 13.9 Å². The highest BCUT2D eigenvalue weighted by molar-refractivity contribution is 7.98. The van der Waals surface area contributed by atoms with Crippen molar-refractivity contribution in [1.82, 2.24) is 15.5 Å². The van der Waals surface area contributed by atoms with Crippen LogP contribution < -0.4 is 15.4 Å². The predicted molar refractivity (Wildman–Crippen MR) is 102 cm³/mol. The van der Waals surface area contributed by atoms with Crippen LogP contribution in [0.2, 0.25) is 0 Å². The van der Waals surface area contributed by atoms with E-state index in [-0.39, 0.29) is 24.3 Å². The first-order valence-electron chi connectivity index (χ1n) is 8.06. The second-order valence-electron chi connectivity index (χ2n) is 5.61. The van der Waals surface area contributed by atoms with Crippen LogP contribution in [0, 0.1) is 5.82 Å². The first-order chi connectivity index (χ1) is 11.9. The van der Waals surface area contributed by atoms with E-state index < -0.39 is 5.82 Å². The molecule has 0 saturated heterocycles. The van der Waals surface area contributed by atoms with E-state index >= 15 is 0 Å². The van der Waals surface area contributed by atoms with E-state index in [0.717, 1.165) is 12.3 Å². The van der Waals surface area contributed by atoms with Crippen LogP contribution in [-0.4, -0.2) is 68.6 Å². The fourth-order valence-corrected chi connectivity index (χ4v) is 2.08. The summed E-state index contributed by atoms with van der Waals surface area (Å²) in [5.41, 5.74) is 0. The number of likely N-dealkylation sites (N-methyl/N-ethyl adjacent to an activating group) is 1. The molecule has 0 saturated carbocycles. The van der Waals surface area contributed by atoms with E-state index in [9.17, 15) is 9.18 Å². The Morgan fingerprint density at radius 3 is 2.72 bits per heavy atom. The molecule has 0 aromatic heterocycles. The molecule has 0 aliphatic heterocycles. The second-order valence-corrected chi connectivity index (χ2v) is 6.60. The molecule has 140 valence electrons. The molecule has 1 aromatic carbocycles. The lowest BCUT2D eigenvalue weighted by atomic mass is 10.3. The van der Waals surface area contributed by atoms with Crippen LogP contribution in [-0.2, 0) is 4.79 Å². The molecule has 1 aromatic rings. The summed E-state index contributed by atoms with van der Waals surface area (Å²) in [6, 6.07) is 6.29. The molecule has 1 amide bonds. The van der Waals surface area contributed by atoms with Crippen molar-refractivity contribution in [3.05, 3.63) is 30.1 Å². The zero-order chi connectivity index (χ0) is 18.7. The van der Waals surface area contributed by atoms with E-state index in [1.54, 1.807) is 44.1 Å². The number of rotatable bonds is 9. The molecule has 0 aliphatic rings. The summed E-state index contributed by atoms with van der Waals surface area (Å²) in [4.78, 5) is 17.5. The van der Waals surface area contributed by atoms with Gasteiger partial charge in [0, 0.05) is 26.4 Å². The number of carbonyl (C=O) groups is 1. The number of para-hydroxylation sites is 1. The average molecular weight is 370 g/mol. The van der Waals surface area contributed by atoms with Crippen LogP contribution in [0.1, 0.15) is 6.92 Å². The number of ether oxygens (including phenoxy) is 1. The van der Waals surface area contributed by atoms with Gasteiger partial charge >= 0.3 is 0 Å². The number of nitrogens with zero attached hydrogens (tertiary/aromatic N) is 2. The van der Waals surface area contributed by atoms with Crippen LogP contribution in [0.5, 0.6) is 5.75 Å². The van der Waals surface area contributed by atoms with E-state index in [4.69, 9.17) is 4.74 Å². The summed E-state index contributed by atoms with van der Waals surface area (Å²) in [6.45, 7) is 3.05. The van der Waals surface area contributed by atoms with E-state index in [1.165, 1.54) is 11.0 Å². The number of thioether (sulfide) groups is 1. The molecule has 0 heterocycles. The molecule has 0 radical (unpaired) electrons. The topological polar surface area (TPSA) is 66.0 Å². The third-order valence-corrected chi connectivity index (χ3v) is 3.80. The summed E-state index contributed by atoms with van der Waals surface area (Å²) in [6.07, 6.45) is 1.75. The van der Waals surface area contributed by atoms with Crippen LogP contribution in [0.15, 0.2) is 29.3 Å². The van der Waals surface area contributed by atoms with Gasteiger partial charge in [0.1, 0.15) is 12.6 Å². The highest BCUT2D eigenvalue weighted by Crippen LogP contribution is 2.16. The zero-order valence-electron chi connectivity index (χ0n) is 15.2. The molecule has 0 spiro atoms. The van der Waals surface area contributed by atoms with Crippen LogP contribution in [0.4, 0.5) is 4.39 Å². The van der Waals surface area contributed by atoms with Crippen molar-refractivity contribution in [1.29, 1.82) is 0 Å². The largest absolute Gasteiger partial charge is 0.486 e. The number of halogens is 1. The normalized spacial score (nSPS) is 12.4. The maximum absolute atomic E-state index is 13.6. The van der Waals surface area contributed by atoms with Gasteiger partial charge in [-0.05, 0) is 25.3 Å². The Morgan fingerprint density at radius 1 is 1.36 bits per heavy atom. The number of hydrogen-bond acceptors (Lipinski definition) is 4.